The number of nitrogens with zero attached hydrogens (tertiary/aromatic N) is 4. The van der Waals surface area contributed by atoms with Crippen LogP contribution in [0.4, 0.5) is 5.82 Å². The molecule has 0 aliphatic rings. The first-order valence-corrected chi connectivity index (χ1v) is 10.3. The minimum absolute atomic E-state index is 0.223. The largest absolute Gasteiger partial charge is 0.492 e. The average Bonchev–Trinajstić information content (AvgIpc) is 3.25. The Morgan fingerprint density at radius 1 is 1.12 bits per heavy atom. The Hall–Kier alpha value is -3.91. The molecule has 4 aromatic rings. The summed E-state index contributed by atoms with van der Waals surface area (Å²) in [5, 5.41) is 7.04. The topological polar surface area (TPSA) is 110 Å². The molecule has 0 saturated heterocycles. The minimum atomic E-state index is -0.248. The van der Waals surface area contributed by atoms with Gasteiger partial charge in [0.1, 0.15) is 23.7 Å². The van der Waals surface area contributed by atoms with Crippen molar-refractivity contribution in [1.29, 1.82) is 0 Å². The molecule has 32 heavy (non-hydrogen) atoms. The van der Waals surface area contributed by atoms with Gasteiger partial charge in [-0.1, -0.05) is 23.7 Å². The molecule has 0 aliphatic carbocycles. The van der Waals surface area contributed by atoms with Crippen molar-refractivity contribution in [1.82, 2.24) is 25.1 Å². The van der Waals surface area contributed by atoms with Crippen molar-refractivity contribution in [3.63, 3.8) is 0 Å². The first kappa shape index (κ1) is 21.3. The van der Waals surface area contributed by atoms with Gasteiger partial charge in [0.25, 0.3) is 5.91 Å². The SMILES string of the molecule is Nc1[nH]ncc1C(=O)N(CCOc1cccc(Cl)c1)Cc1ccc(-c2cccnc2)nc1. The number of aromatic nitrogens is 4. The summed E-state index contributed by atoms with van der Waals surface area (Å²) in [6.07, 6.45) is 6.65. The second-order valence-corrected chi connectivity index (χ2v) is 7.46. The predicted octanol–water partition coefficient (Wildman–Crippen LogP) is 3.82. The third kappa shape index (κ3) is 5.22. The van der Waals surface area contributed by atoms with E-state index < -0.39 is 0 Å². The van der Waals surface area contributed by atoms with Gasteiger partial charge in [-0.05, 0) is 42.0 Å². The fraction of sp³-hybridized carbons (Fsp3) is 0.130. The van der Waals surface area contributed by atoms with Crippen molar-refractivity contribution in [3.8, 4) is 17.0 Å². The van der Waals surface area contributed by atoms with Crippen molar-refractivity contribution in [2.24, 2.45) is 0 Å². The number of pyridine rings is 2. The highest BCUT2D eigenvalue weighted by Gasteiger charge is 2.20. The summed E-state index contributed by atoms with van der Waals surface area (Å²) in [5.74, 6) is 0.610. The van der Waals surface area contributed by atoms with Crippen molar-refractivity contribution >= 4 is 23.3 Å². The van der Waals surface area contributed by atoms with E-state index in [-0.39, 0.29) is 18.3 Å². The number of hydrogen-bond acceptors (Lipinski definition) is 6. The van der Waals surface area contributed by atoms with Crippen LogP contribution < -0.4 is 10.5 Å². The fourth-order valence-corrected chi connectivity index (χ4v) is 3.32. The lowest BCUT2D eigenvalue weighted by Crippen LogP contribution is -2.34. The first-order valence-electron chi connectivity index (χ1n) is 9.92. The number of H-pyrrole nitrogens is 1. The summed E-state index contributed by atoms with van der Waals surface area (Å²) in [6.45, 7) is 0.952. The number of rotatable bonds is 8. The van der Waals surface area contributed by atoms with E-state index in [2.05, 4.69) is 20.2 Å². The number of ether oxygens (including phenoxy) is 1. The maximum absolute atomic E-state index is 13.1. The smallest absolute Gasteiger partial charge is 0.259 e. The maximum atomic E-state index is 13.1. The van der Waals surface area contributed by atoms with Gasteiger partial charge in [0, 0.05) is 35.7 Å². The van der Waals surface area contributed by atoms with E-state index in [9.17, 15) is 4.79 Å². The summed E-state index contributed by atoms with van der Waals surface area (Å²) in [4.78, 5) is 23.4. The number of nitrogen functional groups attached to an aromatic ring is 1. The Labute approximate surface area is 190 Å². The van der Waals surface area contributed by atoms with Crippen LogP contribution in [0.1, 0.15) is 15.9 Å². The van der Waals surface area contributed by atoms with Crippen LogP contribution in [0.3, 0.4) is 0 Å². The van der Waals surface area contributed by atoms with E-state index in [1.807, 2.05) is 36.4 Å². The first-order chi connectivity index (χ1) is 15.6. The van der Waals surface area contributed by atoms with Crippen LogP contribution in [0.2, 0.25) is 5.02 Å². The number of carbonyl (C=O) groups is 1. The molecule has 9 heteroatoms. The minimum Gasteiger partial charge on any atom is -0.492 e. The quantitative estimate of drug-likeness (QED) is 0.424. The third-order valence-electron chi connectivity index (χ3n) is 4.77. The lowest BCUT2D eigenvalue weighted by atomic mass is 10.1. The van der Waals surface area contributed by atoms with E-state index >= 15 is 0 Å². The summed E-state index contributed by atoms with van der Waals surface area (Å²) >= 11 is 6.01. The molecule has 0 aliphatic heterocycles. The van der Waals surface area contributed by atoms with Gasteiger partial charge < -0.3 is 15.4 Å². The number of halogens is 1. The maximum Gasteiger partial charge on any atom is 0.259 e. The second kappa shape index (κ2) is 9.93. The summed E-state index contributed by atoms with van der Waals surface area (Å²) < 4.78 is 5.77. The van der Waals surface area contributed by atoms with E-state index in [0.717, 1.165) is 16.8 Å². The molecule has 0 radical (unpaired) electrons. The van der Waals surface area contributed by atoms with Crippen LogP contribution in [-0.2, 0) is 6.54 Å². The monoisotopic (exact) mass is 448 g/mol. The molecule has 3 heterocycles. The number of carbonyl (C=O) groups excluding carboxylic acids is 1. The van der Waals surface area contributed by atoms with Crippen LogP contribution in [0.15, 0.2) is 73.3 Å². The van der Waals surface area contributed by atoms with Crippen LogP contribution in [0, 0.1) is 0 Å². The molecule has 0 fully saturated rings. The Balaban J connectivity index is 1.48. The zero-order valence-electron chi connectivity index (χ0n) is 17.1. The average molecular weight is 449 g/mol. The van der Waals surface area contributed by atoms with Gasteiger partial charge in [-0.3, -0.25) is 19.9 Å². The number of amides is 1. The number of anilines is 1. The molecule has 0 atom stereocenters. The van der Waals surface area contributed by atoms with Gasteiger partial charge in [-0.25, -0.2) is 0 Å². The van der Waals surface area contributed by atoms with Crippen molar-refractivity contribution in [3.05, 3.63) is 89.5 Å². The third-order valence-corrected chi connectivity index (χ3v) is 5.00. The highest BCUT2D eigenvalue weighted by Crippen LogP contribution is 2.19. The molecule has 3 N–H and O–H groups in total. The lowest BCUT2D eigenvalue weighted by Gasteiger charge is -2.23. The highest BCUT2D eigenvalue weighted by atomic mass is 35.5. The number of benzene rings is 1. The number of aromatic amines is 1. The van der Waals surface area contributed by atoms with Crippen LogP contribution in [0.25, 0.3) is 11.3 Å². The van der Waals surface area contributed by atoms with E-state index in [4.69, 9.17) is 22.1 Å². The summed E-state index contributed by atoms with van der Waals surface area (Å²) in [6, 6.07) is 14.8. The fourth-order valence-electron chi connectivity index (χ4n) is 3.14. The molecule has 1 amide bonds. The van der Waals surface area contributed by atoms with Crippen LogP contribution in [-0.4, -0.2) is 44.1 Å². The van der Waals surface area contributed by atoms with Gasteiger partial charge in [0.15, 0.2) is 0 Å². The molecular formula is C23H21ClN6O2. The Morgan fingerprint density at radius 3 is 2.72 bits per heavy atom. The molecule has 0 bridgehead atoms. The van der Waals surface area contributed by atoms with E-state index in [1.165, 1.54) is 6.20 Å². The molecule has 162 valence electrons. The van der Waals surface area contributed by atoms with E-state index in [1.54, 1.807) is 35.6 Å². The molecule has 0 spiro atoms. The number of hydrogen-bond donors (Lipinski definition) is 2. The molecule has 3 aromatic heterocycles. The molecule has 0 saturated carbocycles. The zero-order valence-corrected chi connectivity index (χ0v) is 17.9. The molecular weight excluding hydrogens is 428 g/mol. The van der Waals surface area contributed by atoms with Gasteiger partial charge in [0.2, 0.25) is 0 Å². The highest BCUT2D eigenvalue weighted by molar-refractivity contribution is 6.30. The van der Waals surface area contributed by atoms with Crippen molar-refractivity contribution in [2.45, 2.75) is 6.54 Å². The van der Waals surface area contributed by atoms with Crippen LogP contribution >= 0.6 is 11.6 Å². The van der Waals surface area contributed by atoms with Crippen molar-refractivity contribution < 1.29 is 9.53 Å². The van der Waals surface area contributed by atoms with Gasteiger partial charge >= 0.3 is 0 Å². The molecule has 4 rings (SSSR count). The Kier molecular flexibility index (Phi) is 6.62. The number of nitrogens with one attached hydrogen (secondary N) is 1. The van der Waals surface area contributed by atoms with E-state index in [0.29, 0.717) is 29.4 Å². The van der Waals surface area contributed by atoms with Gasteiger partial charge in [0.05, 0.1) is 18.4 Å². The summed E-state index contributed by atoms with van der Waals surface area (Å²) in [5.41, 5.74) is 8.78. The van der Waals surface area contributed by atoms with Gasteiger partial charge in [-0.15, -0.1) is 0 Å². The Bertz CT molecular complexity index is 1180. The lowest BCUT2D eigenvalue weighted by molar-refractivity contribution is 0.0717. The summed E-state index contributed by atoms with van der Waals surface area (Å²) in [7, 11) is 0. The van der Waals surface area contributed by atoms with Gasteiger partial charge in [-0.2, -0.15) is 5.10 Å². The second-order valence-electron chi connectivity index (χ2n) is 7.02. The van der Waals surface area contributed by atoms with Crippen molar-refractivity contribution in [2.75, 3.05) is 18.9 Å². The normalized spacial score (nSPS) is 10.7. The predicted molar refractivity (Wildman–Crippen MR) is 122 cm³/mol. The number of nitrogens with two attached hydrogens (primary N) is 1. The van der Waals surface area contributed by atoms with Crippen LogP contribution in [0.5, 0.6) is 5.75 Å². The zero-order chi connectivity index (χ0) is 22.3. The molecule has 8 nitrogen and oxygen atoms in total. The molecule has 1 aromatic carbocycles. The Morgan fingerprint density at radius 2 is 2.03 bits per heavy atom. The molecule has 0 unspecified atom stereocenters. The standard InChI is InChI=1S/C23H21ClN6O2/c24-18-4-1-5-19(11-18)32-10-9-30(23(31)20-14-28-29-22(20)25)15-16-6-7-21(27-12-16)17-3-2-8-26-13-17/h1-8,11-14H,9-10,15H2,(H3,25,28,29).